The predicted octanol–water partition coefficient (Wildman–Crippen LogP) is 1.36. The van der Waals surface area contributed by atoms with Crippen molar-refractivity contribution in [3.63, 3.8) is 0 Å². The maximum atomic E-state index is 13.0. The first-order chi connectivity index (χ1) is 9.04. The Balaban J connectivity index is 1.88. The lowest BCUT2D eigenvalue weighted by Gasteiger charge is -2.29. The summed E-state index contributed by atoms with van der Waals surface area (Å²) >= 11 is 0. The fraction of sp³-hybridized carbons (Fsp3) is 0.462. The van der Waals surface area contributed by atoms with Gasteiger partial charge in [-0.05, 0) is 31.5 Å². The SMILES string of the molecule is O=C(CN1CCCC(O)C1)Nc1ccc(F)c(F)c1. The van der Waals surface area contributed by atoms with Gasteiger partial charge in [0.25, 0.3) is 0 Å². The van der Waals surface area contributed by atoms with Gasteiger partial charge in [-0.15, -0.1) is 0 Å². The largest absolute Gasteiger partial charge is 0.392 e. The molecular formula is C13H16F2N2O2. The number of carbonyl (C=O) groups is 1. The Hall–Kier alpha value is -1.53. The second kappa shape index (κ2) is 6.08. The summed E-state index contributed by atoms with van der Waals surface area (Å²) in [6.45, 7) is 1.35. The number of hydrogen-bond acceptors (Lipinski definition) is 3. The van der Waals surface area contributed by atoms with Gasteiger partial charge < -0.3 is 10.4 Å². The molecule has 1 amide bonds. The molecule has 1 saturated heterocycles. The lowest BCUT2D eigenvalue weighted by atomic mass is 10.1. The highest BCUT2D eigenvalue weighted by Gasteiger charge is 2.19. The number of carbonyl (C=O) groups excluding carboxylic acids is 1. The van der Waals surface area contributed by atoms with Gasteiger partial charge in [-0.3, -0.25) is 9.69 Å². The van der Waals surface area contributed by atoms with Gasteiger partial charge in [0, 0.05) is 18.3 Å². The van der Waals surface area contributed by atoms with Crippen LogP contribution in [0.3, 0.4) is 0 Å². The van der Waals surface area contributed by atoms with Crippen LogP contribution in [0.25, 0.3) is 0 Å². The number of piperidine rings is 1. The summed E-state index contributed by atoms with van der Waals surface area (Å²) in [5, 5.41) is 12.0. The van der Waals surface area contributed by atoms with E-state index in [9.17, 15) is 18.7 Å². The minimum Gasteiger partial charge on any atom is -0.392 e. The molecule has 0 saturated carbocycles. The van der Waals surface area contributed by atoms with Crippen molar-refractivity contribution in [2.24, 2.45) is 0 Å². The number of likely N-dealkylation sites (tertiary alicyclic amines) is 1. The topological polar surface area (TPSA) is 52.6 Å². The zero-order valence-electron chi connectivity index (χ0n) is 10.4. The monoisotopic (exact) mass is 270 g/mol. The molecule has 2 N–H and O–H groups in total. The number of halogens is 2. The minimum atomic E-state index is -0.994. The zero-order valence-corrected chi connectivity index (χ0v) is 10.4. The summed E-state index contributed by atoms with van der Waals surface area (Å²) < 4.78 is 25.7. The van der Waals surface area contributed by atoms with E-state index in [4.69, 9.17) is 0 Å². The second-order valence-electron chi connectivity index (χ2n) is 4.71. The van der Waals surface area contributed by atoms with Gasteiger partial charge in [0.05, 0.1) is 12.6 Å². The second-order valence-corrected chi connectivity index (χ2v) is 4.71. The van der Waals surface area contributed by atoms with Crippen molar-refractivity contribution in [3.05, 3.63) is 29.8 Å². The Bertz CT molecular complexity index is 468. The third kappa shape index (κ3) is 3.97. The summed E-state index contributed by atoms with van der Waals surface area (Å²) in [6, 6.07) is 3.22. The quantitative estimate of drug-likeness (QED) is 0.872. The first-order valence-electron chi connectivity index (χ1n) is 6.20. The lowest BCUT2D eigenvalue weighted by Crippen LogP contribution is -2.42. The number of amides is 1. The minimum absolute atomic E-state index is 0.135. The highest BCUT2D eigenvalue weighted by Crippen LogP contribution is 2.14. The average molecular weight is 270 g/mol. The lowest BCUT2D eigenvalue weighted by molar-refractivity contribution is -0.118. The van der Waals surface area contributed by atoms with E-state index in [1.54, 1.807) is 0 Å². The fourth-order valence-corrected chi connectivity index (χ4v) is 2.15. The van der Waals surface area contributed by atoms with Crippen molar-refractivity contribution < 1.29 is 18.7 Å². The van der Waals surface area contributed by atoms with Crippen LogP contribution >= 0.6 is 0 Å². The van der Waals surface area contributed by atoms with Gasteiger partial charge in [0.1, 0.15) is 0 Å². The van der Waals surface area contributed by atoms with Crippen LogP contribution in [-0.4, -0.2) is 41.7 Å². The molecule has 0 aliphatic carbocycles. The van der Waals surface area contributed by atoms with Gasteiger partial charge in [0.15, 0.2) is 11.6 Å². The summed E-state index contributed by atoms with van der Waals surface area (Å²) in [5.74, 6) is -2.25. The molecule has 1 atom stereocenters. The molecule has 2 rings (SSSR count). The third-order valence-corrected chi connectivity index (χ3v) is 3.05. The normalized spacial score (nSPS) is 20.3. The van der Waals surface area contributed by atoms with Crippen LogP contribution in [0, 0.1) is 11.6 Å². The smallest absolute Gasteiger partial charge is 0.238 e. The first kappa shape index (κ1) is 13.9. The highest BCUT2D eigenvalue weighted by atomic mass is 19.2. The number of β-amino-alcohol motifs (C(OH)–C–C–N with tert-alkyl or cyclic N) is 1. The van der Waals surface area contributed by atoms with Crippen LogP contribution in [0.4, 0.5) is 14.5 Å². The molecule has 1 aromatic carbocycles. The maximum Gasteiger partial charge on any atom is 0.238 e. The molecule has 6 heteroatoms. The van der Waals surface area contributed by atoms with Crippen LogP contribution in [0.2, 0.25) is 0 Å². The van der Waals surface area contributed by atoms with E-state index in [1.165, 1.54) is 6.07 Å². The Labute approximate surface area is 110 Å². The average Bonchev–Trinajstić information content (AvgIpc) is 2.34. The van der Waals surface area contributed by atoms with E-state index in [0.717, 1.165) is 31.5 Å². The van der Waals surface area contributed by atoms with E-state index < -0.39 is 17.7 Å². The number of anilines is 1. The third-order valence-electron chi connectivity index (χ3n) is 3.05. The molecule has 4 nitrogen and oxygen atoms in total. The molecule has 1 unspecified atom stereocenters. The van der Waals surface area contributed by atoms with Gasteiger partial charge in [0.2, 0.25) is 5.91 Å². The Morgan fingerprint density at radius 2 is 2.21 bits per heavy atom. The summed E-state index contributed by atoms with van der Waals surface area (Å²) in [6.07, 6.45) is 1.20. The molecule has 0 radical (unpaired) electrons. The van der Waals surface area contributed by atoms with Crippen LogP contribution in [0.15, 0.2) is 18.2 Å². The molecule has 19 heavy (non-hydrogen) atoms. The van der Waals surface area contributed by atoms with Crippen molar-refractivity contribution in [1.29, 1.82) is 0 Å². The number of benzene rings is 1. The Morgan fingerprint density at radius 3 is 2.89 bits per heavy atom. The van der Waals surface area contributed by atoms with E-state index in [0.29, 0.717) is 6.54 Å². The van der Waals surface area contributed by atoms with Crippen LogP contribution in [0.5, 0.6) is 0 Å². The van der Waals surface area contributed by atoms with Crippen LogP contribution in [0.1, 0.15) is 12.8 Å². The molecule has 1 aliphatic heterocycles. The van der Waals surface area contributed by atoms with Crippen molar-refractivity contribution in [3.8, 4) is 0 Å². The molecule has 1 aliphatic rings. The molecular weight excluding hydrogens is 254 g/mol. The van der Waals surface area contributed by atoms with E-state index in [2.05, 4.69) is 5.32 Å². The maximum absolute atomic E-state index is 13.0. The number of rotatable bonds is 3. The molecule has 1 fully saturated rings. The predicted molar refractivity (Wildman–Crippen MR) is 66.7 cm³/mol. The zero-order chi connectivity index (χ0) is 13.8. The van der Waals surface area contributed by atoms with E-state index in [1.807, 2.05) is 4.90 Å². The standard InChI is InChI=1S/C13H16F2N2O2/c14-11-4-3-9(6-12(11)15)16-13(19)8-17-5-1-2-10(18)7-17/h3-4,6,10,18H,1-2,5,7-8H2,(H,16,19). The fourth-order valence-electron chi connectivity index (χ4n) is 2.15. The molecule has 0 spiro atoms. The molecule has 1 aromatic rings. The Morgan fingerprint density at radius 1 is 1.42 bits per heavy atom. The van der Waals surface area contributed by atoms with Gasteiger partial charge in [-0.2, -0.15) is 0 Å². The summed E-state index contributed by atoms with van der Waals surface area (Å²) in [7, 11) is 0. The van der Waals surface area contributed by atoms with E-state index >= 15 is 0 Å². The van der Waals surface area contributed by atoms with Crippen molar-refractivity contribution in [1.82, 2.24) is 4.90 Å². The highest BCUT2D eigenvalue weighted by molar-refractivity contribution is 5.92. The molecule has 104 valence electrons. The van der Waals surface area contributed by atoms with Crippen LogP contribution in [-0.2, 0) is 4.79 Å². The summed E-state index contributed by atoms with van der Waals surface area (Å²) in [4.78, 5) is 13.6. The van der Waals surface area contributed by atoms with Gasteiger partial charge >= 0.3 is 0 Å². The summed E-state index contributed by atoms with van der Waals surface area (Å²) in [5.41, 5.74) is 0.224. The van der Waals surface area contributed by atoms with Crippen molar-refractivity contribution >= 4 is 11.6 Å². The molecule has 1 heterocycles. The molecule has 0 bridgehead atoms. The number of nitrogens with one attached hydrogen (secondary N) is 1. The van der Waals surface area contributed by atoms with Crippen molar-refractivity contribution in [2.75, 3.05) is 25.0 Å². The number of aliphatic hydroxyl groups excluding tert-OH is 1. The first-order valence-corrected chi connectivity index (χ1v) is 6.20. The number of hydrogen-bond donors (Lipinski definition) is 2. The molecule has 0 aromatic heterocycles. The Kier molecular flexibility index (Phi) is 4.44. The van der Waals surface area contributed by atoms with Crippen LogP contribution < -0.4 is 5.32 Å². The van der Waals surface area contributed by atoms with Gasteiger partial charge in [-0.1, -0.05) is 0 Å². The number of aliphatic hydroxyl groups is 1. The number of nitrogens with zero attached hydrogens (tertiary/aromatic N) is 1. The van der Waals surface area contributed by atoms with Gasteiger partial charge in [-0.25, -0.2) is 8.78 Å². The van der Waals surface area contributed by atoms with E-state index in [-0.39, 0.29) is 18.1 Å². The van der Waals surface area contributed by atoms with Crippen molar-refractivity contribution in [2.45, 2.75) is 18.9 Å².